The Morgan fingerprint density at radius 2 is 1.95 bits per heavy atom. The molecule has 2 saturated heterocycles. The van der Waals surface area contributed by atoms with Gasteiger partial charge in [-0.15, -0.1) is 0 Å². The number of piperidine rings is 1. The number of hydrogen-bond acceptors (Lipinski definition) is 3. The lowest BCUT2D eigenvalue weighted by Gasteiger charge is -2.39. The fourth-order valence-electron chi connectivity index (χ4n) is 3.21. The Morgan fingerprint density at radius 1 is 1.25 bits per heavy atom. The highest BCUT2D eigenvalue weighted by molar-refractivity contribution is 5.82. The first-order valence-electron chi connectivity index (χ1n) is 8.32. The normalized spacial score (nSPS) is 28.9. The molecule has 2 unspecified atom stereocenters. The molecule has 0 bridgehead atoms. The number of carbonyl (C=O) groups excluding carboxylic acids is 1. The van der Waals surface area contributed by atoms with Crippen LogP contribution in [0.5, 0.6) is 0 Å². The van der Waals surface area contributed by atoms with Gasteiger partial charge in [-0.25, -0.2) is 0 Å². The van der Waals surface area contributed by atoms with E-state index >= 15 is 0 Å². The van der Waals surface area contributed by atoms with Crippen molar-refractivity contribution >= 4 is 5.91 Å². The third kappa shape index (κ3) is 4.19. The van der Waals surface area contributed by atoms with Gasteiger partial charge in [-0.1, -0.05) is 20.8 Å². The molecule has 116 valence electrons. The molecule has 20 heavy (non-hydrogen) atoms. The molecule has 0 aromatic rings. The van der Waals surface area contributed by atoms with Gasteiger partial charge >= 0.3 is 0 Å². The van der Waals surface area contributed by atoms with E-state index in [2.05, 4.69) is 35.9 Å². The summed E-state index contributed by atoms with van der Waals surface area (Å²) in [5.41, 5.74) is 0. The average molecular weight is 281 g/mol. The minimum Gasteiger partial charge on any atom is -0.339 e. The highest BCUT2D eigenvalue weighted by Gasteiger charge is 2.32. The van der Waals surface area contributed by atoms with Gasteiger partial charge in [-0.2, -0.15) is 0 Å². The van der Waals surface area contributed by atoms with Gasteiger partial charge in [0.05, 0.1) is 6.04 Å². The molecule has 0 spiro atoms. The number of piperazine rings is 1. The molecule has 0 radical (unpaired) electrons. The summed E-state index contributed by atoms with van der Waals surface area (Å²) in [6, 6.07) is 0.0611. The predicted octanol–water partition coefficient (Wildman–Crippen LogP) is 1.56. The number of hydrogen-bond donors (Lipinski definition) is 1. The van der Waals surface area contributed by atoms with E-state index in [1.807, 2.05) is 0 Å². The molecule has 1 N–H and O–H groups in total. The van der Waals surface area contributed by atoms with Gasteiger partial charge in [0.2, 0.25) is 5.91 Å². The summed E-state index contributed by atoms with van der Waals surface area (Å²) in [7, 11) is 0. The second-order valence-corrected chi connectivity index (χ2v) is 6.90. The molecule has 2 fully saturated rings. The molecule has 2 aliphatic heterocycles. The lowest BCUT2D eigenvalue weighted by molar-refractivity contribution is -0.137. The quantitative estimate of drug-likeness (QED) is 0.849. The van der Waals surface area contributed by atoms with Crippen LogP contribution in [0.15, 0.2) is 0 Å². The van der Waals surface area contributed by atoms with Crippen molar-refractivity contribution in [2.45, 2.75) is 46.1 Å². The van der Waals surface area contributed by atoms with Gasteiger partial charge < -0.3 is 10.2 Å². The van der Waals surface area contributed by atoms with Crippen molar-refractivity contribution in [3.8, 4) is 0 Å². The van der Waals surface area contributed by atoms with Crippen molar-refractivity contribution in [1.82, 2.24) is 15.1 Å². The second-order valence-electron chi connectivity index (χ2n) is 6.90. The third-order valence-corrected chi connectivity index (χ3v) is 4.74. The highest BCUT2D eigenvalue weighted by atomic mass is 16.2. The highest BCUT2D eigenvalue weighted by Crippen LogP contribution is 2.18. The largest absolute Gasteiger partial charge is 0.339 e. The number of amides is 1. The Morgan fingerprint density at radius 3 is 2.55 bits per heavy atom. The maximum atomic E-state index is 12.6. The molecular formula is C16H31N3O. The van der Waals surface area contributed by atoms with Crippen LogP contribution in [0.25, 0.3) is 0 Å². The van der Waals surface area contributed by atoms with E-state index in [0.717, 1.165) is 38.6 Å². The standard InChI is InChI=1S/C16H31N3O/c1-13(2)6-8-18-9-11-19(12-10-18)16(20)15-14(3)5-4-7-17-15/h13-15,17H,4-12H2,1-3H3. The van der Waals surface area contributed by atoms with E-state index in [9.17, 15) is 4.79 Å². The zero-order valence-electron chi connectivity index (χ0n) is 13.4. The monoisotopic (exact) mass is 281 g/mol. The molecular weight excluding hydrogens is 250 g/mol. The van der Waals surface area contributed by atoms with Crippen LogP contribution >= 0.6 is 0 Å². The maximum Gasteiger partial charge on any atom is 0.240 e. The van der Waals surface area contributed by atoms with Crippen LogP contribution in [-0.2, 0) is 4.79 Å². The summed E-state index contributed by atoms with van der Waals surface area (Å²) in [5, 5.41) is 3.41. The lowest BCUT2D eigenvalue weighted by Crippen LogP contribution is -2.57. The summed E-state index contributed by atoms with van der Waals surface area (Å²) in [6.45, 7) is 12.8. The van der Waals surface area contributed by atoms with Gasteiger partial charge in [0.15, 0.2) is 0 Å². The van der Waals surface area contributed by atoms with Crippen LogP contribution in [0.4, 0.5) is 0 Å². The van der Waals surface area contributed by atoms with E-state index in [1.165, 1.54) is 25.8 Å². The van der Waals surface area contributed by atoms with Gasteiger partial charge in [0.1, 0.15) is 0 Å². The first-order valence-corrected chi connectivity index (χ1v) is 8.32. The lowest BCUT2D eigenvalue weighted by atomic mass is 9.91. The number of nitrogens with zero attached hydrogens (tertiary/aromatic N) is 2. The molecule has 0 aromatic carbocycles. The van der Waals surface area contributed by atoms with E-state index in [1.54, 1.807) is 0 Å². The fraction of sp³-hybridized carbons (Fsp3) is 0.938. The number of carbonyl (C=O) groups is 1. The van der Waals surface area contributed by atoms with Gasteiger partial charge in [-0.3, -0.25) is 9.69 Å². The molecule has 4 nitrogen and oxygen atoms in total. The van der Waals surface area contributed by atoms with Gasteiger partial charge in [0.25, 0.3) is 0 Å². The van der Waals surface area contributed by atoms with E-state index < -0.39 is 0 Å². The Labute approximate surface area is 123 Å². The smallest absolute Gasteiger partial charge is 0.240 e. The SMILES string of the molecule is CC(C)CCN1CCN(C(=O)C2NCCCC2C)CC1. The fourth-order valence-corrected chi connectivity index (χ4v) is 3.21. The molecule has 0 aromatic heterocycles. The number of rotatable bonds is 4. The minimum absolute atomic E-state index is 0.0611. The Balaban J connectivity index is 1.76. The van der Waals surface area contributed by atoms with Crippen LogP contribution in [0.1, 0.15) is 40.0 Å². The van der Waals surface area contributed by atoms with Crippen LogP contribution in [0, 0.1) is 11.8 Å². The summed E-state index contributed by atoms with van der Waals surface area (Å²) in [6.07, 6.45) is 3.64. The summed E-state index contributed by atoms with van der Waals surface area (Å²) in [4.78, 5) is 17.2. The Kier molecular flexibility index (Phi) is 5.85. The van der Waals surface area contributed by atoms with Crippen molar-refractivity contribution in [3.05, 3.63) is 0 Å². The van der Waals surface area contributed by atoms with Crippen molar-refractivity contribution in [2.75, 3.05) is 39.3 Å². The molecule has 0 saturated carbocycles. The average Bonchev–Trinajstić information content (AvgIpc) is 2.45. The van der Waals surface area contributed by atoms with Crippen molar-refractivity contribution in [3.63, 3.8) is 0 Å². The maximum absolute atomic E-state index is 12.6. The molecule has 2 atom stereocenters. The van der Waals surface area contributed by atoms with Crippen molar-refractivity contribution in [1.29, 1.82) is 0 Å². The second kappa shape index (κ2) is 7.41. The molecule has 0 aliphatic carbocycles. The molecule has 2 rings (SSSR count). The van der Waals surface area contributed by atoms with E-state index in [4.69, 9.17) is 0 Å². The van der Waals surface area contributed by atoms with Crippen LogP contribution in [-0.4, -0.2) is 61.0 Å². The van der Waals surface area contributed by atoms with E-state index in [-0.39, 0.29) is 6.04 Å². The zero-order chi connectivity index (χ0) is 14.5. The van der Waals surface area contributed by atoms with Gasteiger partial charge in [-0.05, 0) is 44.2 Å². The summed E-state index contributed by atoms with van der Waals surface area (Å²) >= 11 is 0. The van der Waals surface area contributed by atoms with Crippen LogP contribution in [0.2, 0.25) is 0 Å². The first kappa shape index (κ1) is 15.8. The Hall–Kier alpha value is -0.610. The van der Waals surface area contributed by atoms with Crippen molar-refractivity contribution < 1.29 is 4.79 Å². The van der Waals surface area contributed by atoms with Crippen molar-refractivity contribution in [2.24, 2.45) is 11.8 Å². The first-order chi connectivity index (χ1) is 9.58. The summed E-state index contributed by atoms with van der Waals surface area (Å²) in [5.74, 6) is 1.58. The number of nitrogens with one attached hydrogen (secondary N) is 1. The topological polar surface area (TPSA) is 35.6 Å². The van der Waals surface area contributed by atoms with Gasteiger partial charge in [0, 0.05) is 26.2 Å². The zero-order valence-corrected chi connectivity index (χ0v) is 13.4. The predicted molar refractivity (Wildman–Crippen MR) is 82.7 cm³/mol. The van der Waals surface area contributed by atoms with E-state index in [0.29, 0.717) is 11.8 Å². The molecule has 2 aliphatic rings. The Bertz CT molecular complexity index is 311. The molecule has 4 heteroatoms. The van der Waals surface area contributed by atoms with Crippen LogP contribution in [0.3, 0.4) is 0 Å². The van der Waals surface area contributed by atoms with Crippen LogP contribution < -0.4 is 5.32 Å². The summed E-state index contributed by atoms with van der Waals surface area (Å²) < 4.78 is 0. The third-order valence-electron chi connectivity index (χ3n) is 4.74. The molecule has 1 amide bonds. The molecule has 2 heterocycles. The minimum atomic E-state index is 0.0611.